The summed E-state index contributed by atoms with van der Waals surface area (Å²) in [4.78, 5) is 12.4. The van der Waals surface area contributed by atoms with Crippen LogP contribution in [0, 0.1) is 0 Å². The topological polar surface area (TPSA) is 93.7 Å². The van der Waals surface area contributed by atoms with Gasteiger partial charge in [0.25, 0.3) is 0 Å². The average Bonchev–Trinajstić information content (AvgIpc) is 2.52. The SMILES string of the molecule is COCCOCCS(=O)(=O)NC(C(=O)NC(C)C)c1ccccc1. The zero-order chi connectivity index (χ0) is 18.0. The third-order valence-corrected chi connectivity index (χ3v) is 4.35. The predicted octanol–water partition coefficient (Wildman–Crippen LogP) is 0.835. The van der Waals surface area contributed by atoms with Gasteiger partial charge in [-0.2, -0.15) is 4.72 Å². The molecule has 0 spiro atoms. The molecule has 1 aromatic rings. The van der Waals surface area contributed by atoms with Gasteiger partial charge in [0.15, 0.2) is 0 Å². The van der Waals surface area contributed by atoms with Gasteiger partial charge in [0, 0.05) is 13.2 Å². The summed E-state index contributed by atoms with van der Waals surface area (Å²) in [5.74, 6) is -0.616. The van der Waals surface area contributed by atoms with Gasteiger partial charge in [-0.25, -0.2) is 8.42 Å². The van der Waals surface area contributed by atoms with Gasteiger partial charge in [0.1, 0.15) is 6.04 Å². The van der Waals surface area contributed by atoms with Gasteiger partial charge < -0.3 is 14.8 Å². The van der Waals surface area contributed by atoms with Crippen LogP contribution in [0.25, 0.3) is 0 Å². The van der Waals surface area contributed by atoms with Gasteiger partial charge in [0.2, 0.25) is 15.9 Å². The molecule has 2 N–H and O–H groups in total. The van der Waals surface area contributed by atoms with E-state index in [1.807, 2.05) is 13.8 Å². The molecule has 0 heterocycles. The van der Waals surface area contributed by atoms with Crippen LogP contribution in [0.5, 0.6) is 0 Å². The highest BCUT2D eigenvalue weighted by atomic mass is 32.2. The number of hydrogen-bond acceptors (Lipinski definition) is 5. The molecule has 1 atom stereocenters. The summed E-state index contributed by atoms with van der Waals surface area (Å²) >= 11 is 0. The van der Waals surface area contributed by atoms with Crippen molar-refractivity contribution in [3.8, 4) is 0 Å². The Morgan fingerprint density at radius 2 is 1.79 bits per heavy atom. The minimum Gasteiger partial charge on any atom is -0.382 e. The van der Waals surface area contributed by atoms with E-state index in [0.717, 1.165) is 0 Å². The van der Waals surface area contributed by atoms with Gasteiger partial charge in [-0.1, -0.05) is 30.3 Å². The Hall–Kier alpha value is -1.48. The second kappa shape index (κ2) is 10.4. The van der Waals surface area contributed by atoms with Gasteiger partial charge in [0.05, 0.1) is 25.6 Å². The monoisotopic (exact) mass is 358 g/mol. The smallest absolute Gasteiger partial charge is 0.242 e. The largest absolute Gasteiger partial charge is 0.382 e. The molecule has 0 aliphatic carbocycles. The van der Waals surface area contributed by atoms with Crippen molar-refractivity contribution < 1.29 is 22.7 Å². The number of benzene rings is 1. The molecule has 0 aliphatic heterocycles. The molecule has 0 fully saturated rings. The molecule has 0 bridgehead atoms. The Kier molecular flexibility index (Phi) is 8.91. The molecule has 7 nitrogen and oxygen atoms in total. The lowest BCUT2D eigenvalue weighted by Gasteiger charge is -2.20. The van der Waals surface area contributed by atoms with Gasteiger partial charge in [-0.05, 0) is 19.4 Å². The Bertz CT molecular complexity index is 590. The highest BCUT2D eigenvalue weighted by Gasteiger charge is 2.26. The van der Waals surface area contributed by atoms with Crippen molar-refractivity contribution >= 4 is 15.9 Å². The molecule has 24 heavy (non-hydrogen) atoms. The molecule has 136 valence electrons. The second-order valence-corrected chi connectivity index (χ2v) is 7.42. The number of carbonyl (C=O) groups excluding carboxylic acids is 1. The lowest BCUT2D eigenvalue weighted by atomic mass is 10.1. The van der Waals surface area contributed by atoms with Crippen LogP contribution in [0.1, 0.15) is 25.5 Å². The Morgan fingerprint density at radius 3 is 2.38 bits per heavy atom. The third-order valence-electron chi connectivity index (χ3n) is 3.05. The van der Waals surface area contributed by atoms with Crippen LogP contribution in [-0.2, 0) is 24.3 Å². The number of rotatable bonds is 11. The maximum atomic E-state index is 12.4. The van der Waals surface area contributed by atoms with E-state index in [4.69, 9.17) is 9.47 Å². The average molecular weight is 358 g/mol. The first-order chi connectivity index (χ1) is 11.4. The zero-order valence-corrected chi connectivity index (χ0v) is 15.1. The molecule has 1 amide bonds. The van der Waals surface area contributed by atoms with E-state index in [2.05, 4.69) is 10.0 Å². The number of carbonyl (C=O) groups is 1. The van der Waals surface area contributed by atoms with Gasteiger partial charge in [-0.3, -0.25) is 4.79 Å². The van der Waals surface area contributed by atoms with Crippen molar-refractivity contribution in [1.29, 1.82) is 0 Å². The van der Waals surface area contributed by atoms with Gasteiger partial charge >= 0.3 is 0 Å². The van der Waals surface area contributed by atoms with E-state index < -0.39 is 16.1 Å². The normalized spacial score (nSPS) is 13.0. The Balaban J connectivity index is 2.75. The summed E-state index contributed by atoms with van der Waals surface area (Å²) in [5.41, 5.74) is 0.583. The summed E-state index contributed by atoms with van der Waals surface area (Å²) in [6.45, 7) is 4.39. The number of ether oxygens (including phenoxy) is 2. The molecular formula is C16H26N2O5S. The van der Waals surface area contributed by atoms with E-state index in [1.165, 1.54) is 0 Å². The first-order valence-electron chi connectivity index (χ1n) is 7.77. The Morgan fingerprint density at radius 1 is 1.12 bits per heavy atom. The fourth-order valence-corrected chi connectivity index (χ4v) is 3.00. The molecule has 0 radical (unpaired) electrons. The van der Waals surface area contributed by atoms with Crippen LogP contribution in [-0.4, -0.2) is 53.1 Å². The van der Waals surface area contributed by atoms with Crippen molar-refractivity contribution in [2.45, 2.75) is 25.9 Å². The number of methoxy groups -OCH3 is 1. The zero-order valence-electron chi connectivity index (χ0n) is 14.3. The van der Waals surface area contributed by atoms with Crippen molar-refractivity contribution in [3.63, 3.8) is 0 Å². The van der Waals surface area contributed by atoms with Crippen LogP contribution in [0.2, 0.25) is 0 Å². The maximum Gasteiger partial charge on any atom is 0.242 e. The summed E-state index contributed by atoms with van der Waals surface area (Å²) in [5, 5.41) is 2.73. The molecule has 1 unspecified atom stereocenters. The highest BCUT2D eigenvalue weighted by molar-refractivity contribution is 7.89. The van der Waals surface area contributed by atoms with Crippen LogP contribution in [0.4, 0.5) is 0 Å². The van der Waals surface area contributed by atoms with Gasteiger partial charge in [-0.15, -0.1) is 0 Å². The van der Waals surface area contributed by atoms with E-state index >= 15 is 0 Å². The van der Waals surface area contributed by atoms with E-state index in [9.17, 15) is 13.2 Å². The molecule has 1 aromatic carbocycles. The minimum atomic E-state index is -3.67. The summed E-state index contributed by atoms with van der Waals surface area (Å²) in [7, 11) is -2.13. The molecular weight excluding hydrogens is 332 g/mol. The van der Waals surface area contributed by atoms with E-state index in [1.54, 1.807) is 37.4 Å². The predicted molar refractivity (Wildman–Crippen MR) is 92.1 cm³/mol. The molecule has 0 aliphatic rings. The van der Waals surface area contributed by atoms with Crippen molar-refractivity contribution in [2.24, 2.45) is 0 Å². The molecule has 1 rings (SSSR count). The quantitative estimate of drug-likeness (QED) is 0.572. The molecule has 8 heteroatoms. The van der Waals surface area contributed by atoms with Crippen molar-refractivity contribution in [2.75, 3.05) is 32.7 Å². The first-order valence-corrected chi connectivity index (χ1v) is 9.43. The van der Waals surface area contributed by atoms with Crippen molar-refractivity contribution in [1.82, 2.24) is 10.0 Å². The number of amides is 1. The number of sulfonamides is 1. The van der Waals surface area contributed by atoms with E-state index in [0.29, 0.717) is 18.8 Å². The minimum absolute atomic E-state index is 0.0337. The van der Waals surface area contributed by atoms with Crippen LogP contribution >= 0.6 is 0 Å². The van der Waals surface area contributed by atoms with Crippen LogP contribution in [0.15, 0.2) is 30.3 Å². The van der Waals surface area contributed by atoms with Crippen LogP contribution < -0.4 is 10.0 Å². The first kappa shape index (κ1) is 20.6. The Labute approximate surface area is 143 Å². The fraction of sp³-hybridized carbons (Fsp3) is 0.562. The number of nitrogens with one attached hydrogen (secondary N) is 2. The summed E-state index contributed by atoms with van der Waals surface area (Å²) in [6, 6.07) is 7.67. The fourth-order valence-electron chi connectivity index (χ4n) is 1.94. The maximum absolute atomic E-state index is 12.4. The standard InChI is InChI=1S/C16H26N2O5S/c1-13(2)17-16(19)15(14-7-5-4-6-8-14)18-24(20,21)12-11-23-10-9-22-3/h4-8,13,15,18H,9-12H2,1-3H3,(H,17,19). The second-order valence-electron chi connectivity index (χ2n) is 5.55. The lowest BCUT2D eigenvalue weighted by Crippen LogP contribution is -2.43. The van der Waals surface area contributed by atoms with Crippen LogP contribution in [0.3, 0.4) is 0 Å². The lowest BCUT2D eigenvalue weighted by molar-refractivity contribution is -0.123. The summed E-state index contributed by atoms with van der Waals surface area (Å²) < 4.78 is 36.9. The molecule has 0 saturated carbocycles. The summed E-state index contributed by atoms with van der Waals surface area (Å²) in [6.07, 6.45) is 0. The highest BCUT2D eigenvalue weighted by Crippen LogP contribution is 2.14. The number of hydrogen-bond donors (Lipinski definition) is 2. The molecule has 0 aromatic heterocycles. The molecule has 0 saturated heterocycles. The third kappa shape index (κ3) is 7.87. The van der Waals surface area contributed by atoms with E-state index in [-0.39, 0.29) is 24.3 Å². The van der Waals surface area contributed by atoms with Crippen molar-refractivity contribution in [3.05, 3.63) is 35.9 Å².